The third-order valence-electron chi connectivity index (χ3n) is 4.08. The van der Waals surface area contributed by atoms with Gasteiger partial charge in [0, 0.05) is 10.4 Å². The van der Waals surface area contributed by atoms with Crippen molar-refractivity contribution in [2.75, 3.05) is 5.32 Å². The molecule has 0 aliphatic heterocycles. The van der Waals surface area contributed by atoms with Gasteiger partial charge < -0.3 is 5.32 Å². The molecule has 1 N–H and O–H groups in total. The fraction of sp³-hybridized carbons (Fsp3) is 0.533. The topological polar surface area (TPSA) is 29.1 Å². The average molecular weight is 363 g/mol. The molecule has 0 aromatic heterocycles. The normalized spacial score (nSPS) is 21.6. The summed E-state index contributed by atoms with van der Waals surface area (Å²) in [6.45, 7) is 4.25. The third kappa shape index (κ3) is 3.34. The Morgan fingerprint density at radius 3 is 2.75 bits per heavy atom. The van der Waals surface area contributed by atoms with E-state index in [0.29, 0.717) is 10.2 Å². The van der Waals surface area contributed by atoms with Gasteiger partial charge in [0.1, 0.15) is 5.82 Å². The summed E-state index contributed by atoms with van der Waals surface area (Å²) in [6, 6.07) is 2.50. The van der Waals surface area contributed by atoms with Crippen LogP contribution in [0.4, 0.5) is 10.1 Å². The van der Waals surface area contributed by atoms with Crippen molar-refractivity contribution in [1.82, 2.24) is 0 Å². The highest BCUT2D eigenvalue weighted by Gasteiger charge is 2.37. The second kappa shape index (κ2) is 6.02. The molecule has 1 atom stereocenters. The van der Waals surface area contributed by atoms with Gasteiger partial charge in [-0.1, -0.05) is 38.3 Å². The number of amides is 1. The molecular formula is C15H18BrClFNO. The van der Waals surface area contributed by atoms with E-state index >= 15 is 0 Å². The van der Waals surface area contributed by atoms with Crippen molar-refractivity contribution in [2.45, 2.75) is 39.5 Å². The van der Waals surface area contributed by atoms with Gasteiger partial charge in [-0.05, 0) is 46.3 Å². The van der Waals surface area contributed by atoms with Crippen molar-refractivity contribution in [3.8, 4) is 0 Å². The molecule has 1 aliphatic rings. The zero-order valence-electron chi connectivity index (χ0n) is 11.6. The van der Waals surface area contributed by atoms with Gasteiger partial charge in [0.05, 0.1) is 10.7 Å². The summed E-state index contributed by atoms with van der Waals surface area (Å²) in [6.07, 6.45) is 4.16. The van der Waals surface area contributed by atoms with Crippen LogP contribution in [0.2, 0.25) is 5.02 Å². The Labute approximate surface area is 132 Å². The Kier molecular flexibility index (Phi) is 4.75. The van der Waals surface area contributed by atoms with Crippen molar-refractivity contribution in [3.05, 3.63) is 27.4 Å². The van der Waals surface area contributed by atoms with Gasteiger partial charge in [-0.3, -0.25) is 4.79 Å². The zero-order valence-corrected chi connectivity index (χ0v) is 13.9. The van der Waals surface area contributed by atoms with Gasteiger partial charge in [0.15, 0.2) is 0 Å². The van der Waals surface area contributed by atoms with E-state index in [1.807, 2.05) is 0 Å². The Morgan fingerprint density at radius 2 is 2.15 bits per heavy atom. The zero-order chi connectivity index (χ0) is 14.9. The number of benzene rings is 1. The average Bonchev–Trinajstić information content (AvgIpc) is 2.32. The molecule has 0 saturated heterocycles. The van der Waals surface area contributed by atoms with Crippen molar-refractivity contribution < 1.29 is 9.18 Å². The van der Waals surface area contributed by atoms with E-state index < -0.39 is 5.82 Å². The minimum absolute atomic E-state index is 0.0126. The summed E-state index contributed by atoms with van der Waals surface area (Å²) < 4.78 is 13.7. The highest BCUT2D eigenvalue weighted by molar-refractivity contribution is 9.10. The molecule has 1 amide bonds. The summed E-state index contributed by atoms with van der Waals surface area (Å²) >= 11 is 9.24. The molecule has 1 aromatic carbocycles. The lowest BCUT2D eigenvalue weighted by Crippen LogP contribution is -2.37. The van der Waals surface area contributed by atoms with Gasteiger partial charge in [0.25, 0.3) is 0 Å². The fourth-order valence-corrected chi connectivity index (χ4v) is 3.75. The predicted molar refractivity (Wildman–Crippen MR) is 83.5 cm³/mol. The second-order valence-electron chi connectivity index (χ2n) is 6.02. The summed E-state index contributed by atoms with van der Waals surface area (Å²) in [7, 11) is 0. The smallest absolute Gasteiger partial charge is 0.228 e. The first-order valence-corrected chi connectivity index (χ1v) is 7.94. The Bertz CT molecular complexity index is 510. The van der Waals surface area contributed by atoms with Gasteiger partial charge >= 0.3 is 0 Å². The second-order valence-corrected chi connectivity index (χ2v) is 7.28. The molecule has 0 bridgehead atoms. The van der Waals surface area contributed by atoms with Gasteiger partial charge in [0.2, 0.25) is 5.91 Å². The van der Waals surface area contributed by atoms with E-state index in [1.165, 1.54) is 12.1 Å². The first-order valence-electron chi connectivity index (χ1n) is 6.76. The predicted octanol–water partition coefficient (Wildman–Crippen LogP) is 5.40. The summed E-state index contributed by atoms with van der Waals surface area (Å²) in [4.78, 5) is 12.5. The maximum absolute atomic E-state index is 13.2. The van der Waals surface area contributed by atoms with Crippen LogP contribution in [-0.4, -0.2) is 5.91 Å². The van der Waals surface area contributed by atoms with Crippen LogP contribution in [0.25, 0.3) is 0 Å². The molecular weight excluding hydrogens is 345 g/mol. The summed E-state index contributed by atoms with van der Waals surface area (Å²) in [5.41, 5.74) is 0.431. The molecule has 1 fully saturated rings. The molecule has 0 spiro atoms. The molecule has 2 rings (SSSR count). The largest absolute Gasteiger partial charge is 0.324 e. The number of halogens is 3. The van der Waals surface area contributed by atoms with Crippen LogP contribution in [0.3, 0.4) is 0 Å². The Hall–Kier alpha value is -0.610. The quantitative estimate of drug-likeness (QED) is 0.750. The maximum Gasteiger partial charge on any atom is 0.228 e. The number of anilines is 1. The number of hydrogen-bond acceptors (Lipinski definition) is 1. The number of rotatable bonds is 2. The lowest BCUT2D eigenvalue weighted by Gasteiger charge is -2.37. The highest BCUT2D eigenvalue weighted by atomic mass is 79.9. The van der Waals surface area contributed by atoms with Crippen molar-refractivity contribution in [3.63, 3.8) is 0 Å². The van der Waals surface area contributed by atoms with E-state index in [-0.39, 0.29) is 22.3 Å². The van der Waals surface area contributed by atoms with Gasteiger partial charge in [-0.25, -0.2) is 4.39 Å². The molecule has 2 nitrogen and oxygen atoms in total. The first kappa shape index (κ1) is 15.8. The molecule has 1 aliphatic carbocycles. The molecule has 0 heterocycles. The lowest BCUT2D eigenvalue weighted by molar-refractivity contribution is -0.124. The van der Waals surface area contributed by atoms with E-state index in [9.17, 15) is 9.18 Å². The number of carbonyl (C=O) groups excluding carboxylic acids is 1. The summed E-state index contributed by atoms with van der Waals surface area (Å²) in [5, 5.41) is 3.05. The van der Waals surface area contributed by atoms with E-state index in [0.717, 1.165) is 25.7 Å². The van der Waals surface area contributed by atoms with Crippen LogP contribution < -0.4 is 5.32 Å². The molecule has 1 unspecified atom stereocenters. The first-order chi connectivity index (χ1) is 9.31. The maximum atomic E-state index is 13.2. The Morgan fingerprint density at radius 1 is 1.45 bits per heavy atom. The van der Waals surface area contributed by atoms with Crippen LogP contribution in [-0.2, 0) is 4.79 Å². The highest BCUT2D eigenvalue weighted by Crippen LogP contribution is 2.42. The SMILES string of the molecule is CC1(C)CCCCC1C(=O)Nc1c(Cl)cc(F)cc1Br. The Balaban J connectivity index is 2.20. The third-order valence-corrected chi connectivity index (χ3v) is 5.00. The lowest BCUT2D eigenvalue weighted by atomic mass is 9.68. The van der Waals surface area contributed by atoms with Crippen molar-refractivity contribution >= 4 is 39.1 Å². The van der Waals surface area contributed by atoms with E-state index in [2.05, 4.69) is 35.1 Å². The van der Waals surface area contributed by atoms with Gasteiger partial charge in [-0.2, -0.15) is 0 Å². The van der Waals surface area contributed by atoms with E-state index in [1.54, 1.807) is 0 Å². The van der Waals surface area contributed by atoms with Gasteiger partial charge in [-0.15, -0.1) is 0 Å². The number of hydrogen-bond donors (Lipinski definition) is 1. The van der Waals surface area contributed by atoms with Crippen LogP contribution in [0.15, 0.2) is 16.6 Å². The van der Waals surface area contributed by atoms with Crippen LogP contribution in [0, 0.1) is 17.2 Å². The molecule has 0 radical (unpaired) electrons. The minimum Gasteiger partial charge on any atom is -0.324 e. The molecule has 110 valence electrons. The monoisotopic (exact) mass is 361 g/mol. The van der Waals surface area contributed by atoms with E-state index in [4.69, 9.17) is 11.6 Å². The van der Waals surface area contributed by atoms with Crippen molar-refractivity contribution in [2.24, 2.45) is 11.3 Å². The molecule has 1 aromatic rings. The van der Waals surface area contributed by atoms with Crippen LogP contribution in [0.1, 0.15) is 39.5 Å². The minimum atomic E-state index is -0.433. The number of nitrogens with one attached hydrogen (secondary N) is 1. The standard InChI is InChI=1S/C15H18BrClFNO/c1-15(2)6-4-3-5-10(15)14(20)19-13-11(16)7-9(18)8-12(13)17/h7-8,10H,3-6H2,1-2H3,(H,19,20). The molecule has 1 saturated carbocycles. The van der Waals surface area contributed by atoms with Crippen molar-refractivity contribution in [1.29, 1.82) is 0 Å². The fourth-order valence-electron chi connectivity index (χ4n) is 2.85. The van der Waals surface area contributed by atoms with Crippen LogP contribution in [0.5, 0.6) is 0 Å². The summed E-state index contributed by atoms with van der Waals surface area (Å²) in [5.74, 6) is -0.508. The number of carbonyl (C=O) groups is 1. The molecule has 5 heteroatoms. The molecule has 20 heavy (non-hydrogen) atoms. The van der Waals surface area contributed by atoms with Crippen LogP contribution >= 0.6 is 27.5 Å².